The fourth-order valence-electron chi connectivity index (χ4n) is 1.45. The number of rotatable bonds is 9. The van der Waals surface area contributed by atoms with E-state index in [1.807, 2.05) is 18.2 Å². The summed E-state index contributed by atoms with van der Waals surface area (Å²) < 4.78 is 0. The maximum Gasteiger partial charge on any atom is 0.305 e. The number of carbonyl (C=O) groups excluding carboxylic acids is 2. The Morgan fingerprint density at radius 2 is 1.76 bits per heavy atom. The van der Waals surface area contributed by atoms with Crippen molar-refractivity contribution in [2.75, 3.05) is 23.4 Å². The second kappa shape index (κ2) is 9.82. The van der Waals surface area contributed by atoms with Crippen molar-refractivity contribution in [1.29, 1.82) is 0 Å². The molecule has 0 atom stereocenters. The van der Waals surface area contributed by atoms with Crippen molar-refractivity contribution >= 4 is 35.2 Å². The predicted molar refractivity (Wildman–Crippen MR) is 82.3 cm³/mol. The first-order chi connectivity index (χ1) is 10.1. The summed E-state index contributed by atoms with van der Waals surface area (Å²) in [6, 6.07) is 9.15. The van der Waals surface area contributed by atoms with Crippen LogP contribution in [0.2, 0.25) is 0 Å². The Hall–Kier alpha value is -2.02. The summed E-state index contributed by atoms with van der Waals surface area (Å²) in [5.41, 5.74) is 0.745. The van der Waals surface area contributed by atoms with Gasteiger partial charge >= 0.3 is 5.97 Å². The number of nitrogens with one attached hydrogen (secondary N) is 2. The summed E-state index contributed by atoms with van der Waals surface area (Å²) in [5, 5.41) is 13.7. The van der Waals surface area contributed by atoms with Crippen LogP contribution in [0.5, 0.6) is 0 Å². The first-order valence-electron chi connectivity index (χ1n) is 6.49. The van der Waals surface area contributed by atoms with Crippen LogP contribution in [0.1, 0.15) is 12.8 Å². The van der Waals surface area contributed by atoms with Gasteiger partial charge in [-0.3, -0.25) is 14.4 Å². The average molecular weight is 310 g/mol. The van der Waals surface area contributed by atoms with Crippen molar-refractivity contribution in [3.63, 3.8) is 0 Å². The lowest BCUT2D eigenvalue weighted by Gasteiger charge is -2.05. The van der Waals surface area contributed by atoms with E-state index in [1.54, 1.807) is 12.1 Å². The molecule has 0 aliphatic rings. The lowest BCUT2D eigenvalue weighted by Crippen LogP contribution is -2.26. The molecule has 0 saturated heterocycles. The van der Waals surface area contributed by atoms with Crippen molar-refractivity contribution in [2.45, 2.75) is 12.8 Å². The molecule has 0 aliphatic heterocycles. The molecule has 1 aromatic carbocycles. The standard InChI is InChI=1S/C14H18N2O4S/c17-12(15-8-6-14(19)20)7-9-21-10-13(18)16-11-4-2-1-3-5-11/h1-5H,6-10H2,(H,15,17)(H,16,18)(H,19,20). The molecule has 1 rings (SSSR count). The number of benzene rings is 1. The molecule has 0 aliphatic carbocycles. The third-order valence-corrected chi connectivity index (χ3v) is 3.38. The Labute approximate surface area is 127 Å². The molecule has 2 amide bonds. The minimum Gasteiger partial charge on any atom is -0.481 e. The van der Waals surface area contributed by atoms with E-state index in [9.17, 15) is 14.4 Å². The summed E-state index contributed by atoms with van der Waals surface area (Å²) in [6.45, 7) is 0.132. The fourth-order valence-corrected chi connectivity index (χ4v) is 2.18. The molecule has 0 bridgehead atoms. The molecular weight excluding hydrogens is 292 g/mol. The van der Waals surface area contributed by atoms with Crippen LogP contribution in [-0.4, -0.2) is 40.9 Å². The first-order valence-corrected chi connectivity index (χ1v) is 7.64. The molecule has 0 fully saturated rings. The van der Waals surface area contributed by atoms with E-state index in [0.717, 1.165) is 5.69 Å². The fraction of sp³-hybridized carbons (Fsp3) is 0.357. The molecule has 0 spiro atoms. The van der Waals surface area contributed by atoms with Gasteiger partial charge in [0.15, 0.2) is 0 Å². The van der Waals surface area contributed by atoms with Crippen molar-refractivity contribution < 1.29 is 19.5 Å². The summed E-state index contributed by atoms with van der Waals surface area (Å²) >= 11 is 1.36. The smallest absolute Gasteiger partial charge is 0.305 e. The minimum absolute atomic E-state index is 0.0850. The third kappa shape index (κ3) is 8.69. The summed E-state index contributed by atoms with van der Waals surface area (Å²) in [5.74, 6) is -0.467. The lowest BCUT2D eigenvalue weighted by molar-refractivity contribution is -0.137. The second-order valence-corrected chi connectivity index (χ2v) is 5.32. The van der Waals surface area contributed by atoms with Gasteiger partial charge in [-0.25, -0.2) is 0 Å². The van der Waals surface area contributed by atoms with Gasteiger partial charge in [0, 0.05) is 24.4 Å². The van der Waals surface area contributed by atoms with Crippen molar-refractivity contribution in [3.05, 3.63) is 30.3 Å². The molecule has 0 radical (unpaired) electrons. The van der Waals surface area contributed by atoms with Gasteiger partial charge in [0.25, 0.3) is 0 Å². The first kappa shape index (κ1) is 17.0. The molecule has 3 N–H and O–H groups in total. The van der Waals surface area contributed by atoms with Crippen LogP contribution < -0.4 is 10.6 Å². The Morgan fingerprint density at radius 1 is 1.05 bits per heavy atom. The van der Waals surface area contributed by atoms with Gasteiger partial charge in [-0.2, -0.15) is 11.8 Å². The average Bonchev–Trinajstić information content (AvgIpc) is 2.44. The third-order valence-electron chi connectivity index (χ3n) is 2.43. The van der Waals surface area contributed by atoms with Crippen LogP contribution in [0.25, 0.3) is 0 Å². The molecule has 6 nitrogen and oxygen atoms in total. The number of carboxylic acid groups (broad SMARTS) is 1. The zero-order valence-corrected chi connectivity index (χ0v) is 12.3. The molecule has 114 valence electrons. The molecule has 21 heavy (non-hydrogen) atoms. The number of hydrogen-bond acceptors (Lipinski definition) is 4. The number of carboxylic acids is 1. The van der Waals surface area contributed by atoms with Crippen molar-refractivity contribution in [3.8, 4) is 0 Å². The number of para-hydroxylation sites is 1. The van der Waals surface area contributed by atoms with Gasteiger partial charge in [-0.1, -0.05) is 18.2 Å². The zero-order valence-electron chi connectivity index (χ0n) is 11.5. The molecule has 7 heteroatoms. The Morgan fingerprint density at radius 3 is 2.43 bits per heavy atom. The number of carbonyl (C=O) groups is 3. The number of amides is 2. The quantitative estimate of drug-likeness (QED) is 0.598. The van der Waals surface area contributed by atoms with E-state index in [1.165, 1.54) is 11.8 Å². The van der Waals surface area contributed by atoms with Gasteiger partial charge in [-0.15, -0.1) is 0 Å². The molecule has 0 unspecified atom stereocenters. The van der Waals surface area contributed by atoms with Crippen LogP contribution in [0.15, 0.2) is 30.3 Å². The van der Waals surface area contributed by atoms with E-state index in [0.29, 0.717) is 5.75 Å². The monoisotopic (exact) mass is 310 g/mol. The predicted octanol–water partition coefficient (Wildman–Crippen LogP) is 1.34. The van der Waals surface area contributed by atoms with Crippen molar-refractivity contribution in [1.82, 2.24) is 5.32 Å². The summed E-state index contributed by atoms with van der Waals surface area (Å²) in [6.07, 6.45) is 0.182. The van der Waals surface area contributed by atoms with Crippen LogP contribution in [0.4, 0.5) is 5.69 Å². The Balaban J connectivity index is 2.07. The summed E-state index contributed by atoms with van der Waals surface area (Å²) in [7, 11) is 0. The van der Waals surface area contributed by atoms with Crippen molar-refractivity contribution in [2.24, 2.45) is 0 Å². The second-order valence-electron chi connectivity index (χ2n) is 4.21. The number of aliphatic carboxylic acids is 1. The van der Waals surface area contributed by atoms with E-state index in [-0.39, 0.29) is 37.0 Å². The van der Waals surface area contributed by atoms with E-state index in [4.69, 9.17) is 5.11 Å². The van der Waals surface area contributed by atoms with Gasteiger partial charge in [0.2, 0.25) is 11.8 Å². The normalized spacial score (nSPS) is 9.90. The van der Waals surface area contributed by atoms with Crippen LogP contribution in [0, 0.1) is 0 Å². The molecule has 0 saturated carbocycles. The number of anilines is 1. The number of hydrogen-bond donors (Lipinski definition) is 3. The van der Waals surface area contributed by atoms with E-state index < -0.39 is 5.97 Å². The zero-order chi connectivity index (χ0) is 15.5. The molecule has 1 aromatic rings. The Bertz CT molecular complexity index is 479. The van der Waals surface area contributed by atoms with E-state index in [2.05, 4.69) is 10.6 Å². The largest absolute Gasteiger partial charge is 0.481 e. The maximum absolute atomic E-state index is 11.6. The van der Waals surface area contributed by atoms with E-state index >= 15 is 0 Å². The van der Waals surface area contributed by atoms with Gasteiger partial charge in [0.05, 0.1) is 12.2 Å². The van der Waals surface area contributed by atoms with Gasteiger partial charge in [0.1, 0.15) is 0 Å². The van der Waals surface area contributed by atoms with Crippen LogP contribution >= 0.6 is 11.8 Å². The van der Waals surface area contributed by atoms with Gasteiger partial charge < -0.3 is 15.7 Å². The highest BCUT2D eigenvalue weighted by atomic mass is 32.2. The maximum atomic E-state index is 11.6. The summed E-state index contributed by atoms with van der Waals surface area (Å²) in [4.78, 5) is 33.2. The highest BCUT2D eigenvalue weighted by molar-refractivity contribution is 7.99. The molecular formula is C14H18N2O4S. The minimum atomic E-state index is -0.942. The van der Waals surface area contributed by atoms with Crippen LogP contribution in [-0.2, 0) is 14.4 Å². The topological polar surface area (TPSA) is 95.5 Å². The highest BCUT2D eigenvalue weighted by Crippen LogP contribution is 2.07. The lowest BCUT2D eigenvalue weighted by atomic mass is 10.3. The Kier molecular flexibility index (Phi) is 7.96. The number of thioether (sulfide) groups is 1. The van der Waals surface area contributed by atoms with Gasteiger partial charge in [-0.05, 0) is 12.1 Å². The highest BCUT2D eigenvalue weighted by Gasteiger charge is 2.05. The SMILES string of the molecule is O=C(O)CCNC(=O)CCSCC(=O)Nc1ccccc1. The molecule has 0 aromatic heterocycles. The van der Waals surface area contributed by atoms with Crippen LogP contribution in [0.3, 0.4) is 0 Å². The molecule has 0 heterocycles.